The SMILES string of the molecule is Cc1ccccc1C(=O)NCCC(=O)N1CCCc2cc(Cl)ccc21. The predicted octanol–water partition coefficient (Wildman–Crippen LogP) is 3.75. The van der Waals surface area contributed by atoms with Crippen molar-refractivity contribution in [2.45, 2.75) is 26.2 Å². The van der Waals surface area contributed by atoms with Crippen LogP contribution in [0.2, 0.25) is 5.02 Å². The monoisotopic (exact) mass is 356 g/mol. The zero-order chi connectivity index (χ0) is 17.8. The van der Waals surface area contributed by atoms with Crippen molar-refractivity contribution in [2.24, 2.45) is 0 Å². The number of fused-ring (bicyclic) bond motifs is 1. The number of aryl methyl sites for hydroxylation is 2. The van der Waals surface area contributed by atoms with Gasteiger partial charge in [0.1, 0.15) is 0 Å². The smallest absolute Gasteiger partial charge is 0.251 e. The molecule has 0 saturated heterocycles. The van der Waals surface area contributed by atoms with Crippen LogP contribution in [0, 0.1) is 6.92 Å². The largest absolute Gasteiger partial charge is 0.352 e. The van der Waals surface area contributed by atoms with Crippen LogP contribution in [0.1, 0.15) is 34.3 Å². The van der Waals surface area contributed by atoms with Gasteiger partial charge in [-0.25, -0.2) is 0 Å². The third kappa shape index (κ3) is 4.02. The Morgan fingerprint density at radius 3 is 2.80 bits per heavy atom. The van der Waals surface area contributed by atoms with E-state index in [1.807, 2.05) is 43.3 Å². The molecule has 3 rings (SSSR count). The number of halogens is 1. The highest BCUT2D eigenvalue weighted by Gasteiger charge is 2.22. The lowest BCUT2D eigenvalue weighted by atomic mass is 10.0. The highest BCUT2D eigenvalue weighted by molar-refractivity contribution is 6.30. The highest BCUT2D eigenvalue weighted by Crippen LogP contribution is 2.29. The van der Waals surface area contributed by atoms with Gasteiger partial charge in [-0.3, -0.25) is 9.59 Å². The fraction of sp³-hybridized carbons (Fsp3) is 0.300. The number of anilines is 1. The summed E-state index contributed by atoms with van der Waals surface area (Å²) >= 11 is 6.04. The molecule has 4 nitrogen and oxygen atoms in total. The number of nitrogens with one attached hydrogen (secondary N) is 1. The lowest BCUT2D eigenvalue weighted by molar-refractivity contribution is -0.118. The Kier molecular flexibility index (Phi) is 5.39. The van der Waals surface area contributed by atoms with E-state index in [9.17, 15) is 9.59 Å². The van der Waals surface area contributed by atoms with Crippen LogP contribution in [-0.4, -0.2) is 24.9 Å². The summed E-state index contributed by atoms with van der Waals surface area (Å²) in [7, 11) is 0. The first-order valence-electron chi connectivity index (χ1n) is 8.49. The zero-order valence-electron chi connectivity index (χ0n) is 14.2. The highest BCUT2D eigenvalue weighted by atomic mass is 35.5. The minimum Gasteiger partial charge on any atom is -0.352 e. The lowest BCUT2D eigenvalue weighted by Crippen LogP contribution is -2.37. The van der Waals surface area contributed by atoms with Crippen LogP contribution in [0.3, 0.4) is 0 Å². The molecule has 0 unspecified atom stereocenters. The number of rotatable bonds is 4. The molecule has 0 aliphatic carbocycles. The molecule has 2 amide bonds. The first kappa shape index (κ1) is 17.5. The molecular formula is C20H21ClN2O2. The zero-order valence-corrected chi connectivity index (χ0v) is 15.0. The van der Waals surface area contributed by atoms with Crippen LogP contribution >= 0.6 is 11.6 Å². The summed E-state index contributed by atoms with van der Waals surface area (Å²) in [6.07, 6.45) is 2.14. The Morgan fingerprint density at radius 1 is 1.20 bits per heavy atom. The molecule has 0 aromatic heterocycles. The number of benzene rings is 2. The molecular weight excluding hydrogens is 336 g/mol. The van der Waals surface area contributed by atoms with Crippen molar-refractivity contribution in [3.8, 4) is 0 Å². The van der Waals surface area contributed by atoms with Crippen molar-refractivity contribution in [1.82, 2.24) is 5.32 Å². The van der Waals surface area contributed by atoms with Crippen molar-refractivity contribution in [1.29, 1.82) is 0 Å². The summed E-state index contributed by atoms with van der Waals surface area (Å²) in [6.45, 7) is 2.93. The first-order chi connectivity index (χ1) is 12.1. The Bertz CT molecular complexity index is 804. The van der Waals surface area contributed by atoms with E-state index in [0.717, 1.165) is 29.7 Å². The van der Waals surface area contributed by atoms with Gasteiger partial charge in [-0.05, 0) is 55.2 Å². The molecule has 1 aliphatic rings. The minimum atomic E-state index is -0.142. The van der Waals surface area contributed by atoms with Crippen LogP contribution in [0.25, 0.3) is 0 Å². The second-order valence-electron chi connectivity index (χ2n) is 6.24. The maximum absolute atomic E-state index is 12.6. The quantitative estimate of drug-likeness (QED) is 0.907. The summed E-state index contributed by atoms with van der Waals surface area (Å²) < 4.78 is 0. The Morgan fingerprint density at radius 2 is 2.00 bits per heavy atom. The third-order valence-electron chi connectivity index (χ3n) is 4.48. The van der Waals surface area contributed by atoms with Crippen LogP contribution in [0.5, 0.6) is 0 Å². The van der Waals surface area contributed by atoms with Gasteiger partial charge in [-0.15, -0.1) is 0 Å². The van der Waals surface area contributed by atoms with Gasteiger partial charge < -0.3 is 10.2 Å². The van der Waals surface area contributed by atoms with Crippen molar-refractivity contribution < 1.29 is 9.59 Å². The molecule has 130 valence electrons. The molecule has 1 heterocycles. The van der Waals surface area contributed by atoms with Gasteiger partial charge in [0, 0.05) is 35.8 Å². The van der Waals surface area contributed by atoms with Gasteiger partial charge in [0.2, 0.25) is 5.91 Å². The number of hydrogen-bond donors (Lipinski definition) is 1. The predicted molar refractivity (Wildman–Crippen MR) is 100 cm³/mol. The van der Waals surface area contributed by atoms with E-state index < -0.39 is 0 Å². The van der Waals surface area contributed by atoms with Gasteiger partial charge in [0.25, 0.3) is 5.91 Å². The Hall–Kier alpha value is -2.33. The summed E-state index contributed by atoms with van der Waals surface area (Å²) in [5, 5.41) is 3.53. The fourth-order valence-corrected chi connectivity index (χ4v) is 3.36. The normalized spacial score (nSPS) is 13.3. The molecule has 2 aromatic rings. The van der Waals surface area contributed by atoms with E-state index in [2.05, 4.69) is 5.32 Å². The number of hydrogen-bond acceptors (Lipinski definition) is 2. The Balaban J connectivity index is 1.59. The van der Waals surface area contributed by atoms with E-state index in [0.29, 0.717) is 23.7 Å². The molecule has 5 heteroatoms. The molecule has 0 fully saturated rings. The van der Waals surface area contributed by atoms with Crippen LogP contribution in [0.4, 0.5) is 5.69 Å². The lowest BCUT2D eigenvalue weighted by Gasteiger charge is -2.29. The van der Waals surface area contributed by atoms with Crippen LogP contribution in [0.15, 0.2) is 42.5 Å². The Labute approximate surface area is 152 Å². The maximum Gasteiger partial charge on any atom is 0.251 e. The summed E-state index contributed by atoms with van der Waals surface area (Å²) in [5.41, 5.74) is 3.61. The van der Waals surface area contributed by atoms with E-state index in [1.165, 1.54) is 0 Å². The van der Waals surface area contributed by atoms with Gasteiger partial charge in [0.15, 0.2) is 0 Å². The van der Waals surface area contributed by atoms with Gasteiger partial charge in [-0.1, -0.05) is 29.8 Å². The second kappa shape index (κ2) is 7.70. The number of nitrogens with zero attached hydrogens (tertiary/aromatic N) is 1. The number of amides is 2. The van der Waals surface area contributed by atoms with Gasteiger partial charge in [0.05, 0.1) is 0 Å². The minimum absolute atomic E-state index is 0.0216. The van der Waals surface area contributed by atoms with E-state index in [-0.39, 0.29) is 18.2 Å². The molecule has 1 N–H and O–H groups in total. The number of carbonyl (C=O) groups excluding carboxylic acids is 2. The topological polar surface area (TPSA) is 49.4 Å². The van der Waals surface area contributed by atoms with Crippen molar-refractivity contribution in [2.75, 3.05) is 18.0 Å². The third-order valence-corrected chi connectivity index (χ3v) is 4.71. The van der Waals surface area contributed by atoms with Gasteiger partial charge >= 0.3 is 0 Å². The van der Waals surface area contributed by atoms with E-state index in [1.54, 1.807) is 11.0 Å². The standard InChI is InChI=1S/C20H21ClN2O2/c1-14-5-2-3-7-17(14)20(25)22-11-10-19(24)23-12-4-6-15-13-16(21)8-9-18(15)23/h2-3,5,7-9,13H,4,6,10-12H2,1H3,(H,22,25). The molecule has 0 radical (unpaired) electrons. The van der Waals surface area contributed by atoms with E-state index in [4.69, 9.17) is 11.6 Å². The maximum atomic E-state index is 12.6. The average molecular weight is 357 g/mol. The molecule has 0 spiro atoms. The molecule has 0 bridgehead atoms. The van der Waals surface area contributed by atoms with Crippen molar-refractivity contribution in [3.05, 3.63) is 64.2 Å². The summed E-state index contributed by atoms with van der Waals surface area (Å²) in [4.78, 5) is 26.6. The molecule has 0 atom stereocenters. The molecule has 1 aliphatic heterocycles. The van der Waals surface area contributed by atoms with Crippen LogP contribution < -0.4 is 10.2 Å². The molecule has 25 heavy (non-hydrogen) atoms. The van der Waals surface area contributed by atoms with E-state index >= 15 is 0 Å². The fourth-order valence-electron chi connectivity index (χ4n) is 3.17. The van der Waals surface area contributed by atoms with Gasteiger partial charge in [-0.2, -0.15) is 0 Å². The summed E-state index contributed by atoms with van der Waals surface area (Å²) in [6, 6.07) is 13.1. The summed E-state index contributed by atoms with van der Waals surface area (Å²) in [5.74, 6) is -0.120. The molecule has 0 saturated carbocycles. The average Bonchev–Trinajstić information content (AvgIpc) is 2.61. The number of carbonyl (C=O) groups is 2. The second-order valence-corrected chi connectivity index (χ2v) is 6.68. The first-order valence-corrected chi connectivity index (χ1v) is 8.86. The molecule has 2 aromatic carbocycles. The van der Waals surface area contributed by atoms with Crippen molar-refractivity contribution in [3.63, 3.8) is 0 Å². The van der Waals surface area contributed by atoms with Crippen molar-refractivity contribution >= 4 is 29.1 Å². The van der Waals surface area contributed by atoms with Crippen LogP contribution in [-0.2, 0) is 11.2 Å².